The van der Waals surface area contributed by atoms with Gasteiger partial charge in [-0.05, 0) is 31.4 Å². The fourth-order valence-corrected chi connectivity index (χ4v) is 3.40. The van der Waals surface area contributed by atoms with Crippen LogP contribution in [0.3, 0.4) is 0 Å². The van der Waals surface area contributed by atoms with E-state index in [0.29, 0.717) is 25.2 Å². The van der Waals surface area contributed by atoms with E-state index in [4.69, 9.17) is 0 Å². The lowest BCUT2D eigenvalue weighted by Crippen LogP contribution is -2.31. The molecule has 0 saturated heterocycles. The highest BCUT2D eigenvalue weighted by Gasteiger charge is 2.16. The van der Waals surface area contributed by atoms with Gasteiger partial charge in [-0.1, -0.05) is 18.2 Å². The minimum absolute atomic E-state index is 0.0454. The molecule has 4 rings (SSSR count). The molecule has 1 aliphatic heterocycles. The standard InChI is InChI=1S/C19H22N6O2/c26-18(22-15-8-3-6-14-7-4-10-20-17(14)15)21-11-5-13-25-19(27)24-12-2-1-9-16(24)23-25/h3-4,6-8,10H,1-2,5,9,11-13H2,(H2,21,22,26). The molecule has 0 bridgehead atoms. The number of hydrogen-bond acceptors (Lipinski definition) is 4. The van der Waals surface area contributed by atoms with Crippen LogP contribution in [-0.2, 0) is 19.5 Å². The van der Waals surface area contributed by atoms with Crippen molar-refractivity contribution >= 4 is 22.6 Å². The van der Waals surface area contributed by atoms with Crippen molar-refractivity contribution in [3.63, 3.8) is 0 Å². The zero-order valence-corrected chi connectivity index (χ0v) is 15.0. The van der Waals surface area contributed by atoms with Gasteiger partial charge < -0.3 is 10.6 Å². The maximum atomic E-state index is 12.3. The van der Waals surface area contributed by atoms with Crippen LogP contribution in [0.2, 0.25) is 0 Å². The SMILES string of the molecule is O=C(NCCCn1nc2n(c1=O)CCCC2)Nc1cccc2cccnc12. The van der Waals surface area contributed by atoms with Crippen LogP contribution in [0, 0.1) is 0 Å². The summed E-state index contributed by atoms with van der Waals surface area (Å²) in [6, 6.07) is 9.18. The highest BCUT2D eigenvalue weighted by Crippen LogP contribution is 2.20. The summed E-state index contributed by atoms with van der Waals surface area (Å²) in [6.45, 7) is 1.71. The fourth-order valence-electron chi connectivity index (χ4n) is 3.40. The van der Waals surface area contributed by atoms with Crippen molar-refractivity contribution in [3.05, 3.63) is 52.8 Å². The first kappa shape index (κ1) is 17.3. The summed E-state index contributed by atoms with van der Waals surface area (Å²) in [5.41, 5.74) is 1.38. The van der Waals surface area contributed by atoms with Crippen LogP contribution in [0.25, 0.3) is 10.9 Å². The number of fused-ring (bicyclic) bond motifs is 2. The monoisotopic (exact) mass is 366 g/mol. The lowest BCUT2D eigenvalue weighted by molar-refractivity contribution is 0.251. The Balaban J connectivity index is 1.30. The molecular formula is C19H22N6O2. The number of aryl methyl sites for hydroxylation is 2. The lowest BCUT2D eigenvalue weighted by Gasteiger charge is -2.09. The second kappa shape index (κ2) is 7.61. The predicted molar refractivity (Wildman–Crippen MR) is 103 cm³/mol. The number of carbonyl (C=O) groups is 1. The number of aromatic nitrogens is 4. The Kier molecular flexibility index (Phi) is 4.86. The molecule has 0 spiro atoms. The molecule has 0 fully saturated rings. The second-order valence-corrected chi connectivity index (χ2v) is 6.65. The van der Waals surface area contributed by atoms with E-state index in [9.17, 15) is 9.59 Å². The van der Waals surface area contributed by atoms with Gasteiger partial charge in [0.2, 0.25) is 0 Å². The summed E-state index contributed by atoms with van der Waals surface area (Å²) in [5, 5.41) is 11.0. The molecular weight excluding hydrogens is 344 g/mol. The van der Waals surface area contributed by atoms with Gasteiger partial charge in [0, 0.05) is 37.6 Å². The average Bonchev–Trinajstić information content (AvgIpc) is 3.02. The van der Waals surface area contributed by atoms with Gasteiger partial charge in [0.25, 0.3) is 0 Å². The number of hydrogen-bond donors (Lipinski definition) is 2. The summed E-state index contributed by atoms with van der Waals surface area (Å²) >= 11 is 0. The molecule has 3 heterocycles. The van der Waals surface area contributed by atoms with Crippen molar-refractivity contribution in [1.29, 1.82) is 0 Å². The van der Waals surface area contributed by atoms with E-state index >= 15 is 0 Å². The molecule has 0 unspecified atom stereocenters. The maximum absolute atomic E-state index is 12.3. The van der Waals surface area contributed by atoms with Crippen molar-refractivity contribution in [2.24, 2.45) is 0 Å². The third-order valence-electron chi connectivity index (χ3n) is 4.74. The third-order valence-corrected chi connectivity index (χ3v) is 4.74. The van der Waals surface area contributed by atoms with Crippen LogP contribution in [0.4, 0.5) is 10.5 Å². The number of anilines is 1. The minimum Gasteiger partial charge on any atom is -0.338 e. The van der Waals surface area contributed by atoms with E-state index in [1.165, 1.54) is 4.68 Å². The van der Waals surface area contributed by atoms with Crippen molar-refractivity contribution in [1.82, 2.24) is 24.6 Å². The summed E-state index contributed by atoms with van der Waals surface area (Å²) in [5.74, 6) is 0.875. The minimum atomic E-state index is -0.287. The van der Waals surface area contributed by atoms with Gasteiger partial charge >= 0.3 is 11.7 Å². The highest BCUT2D eigenvalue weighted by molar-refractivity contribution is 5.99. The number of rotatable bonds is 5. The molecule has 2 amide bonds. The van der Waals surface area contributed by atoms with Crippen LogP contribution < -0.4 is 16.3 Å². The van der Waals surface area contributed by atoms with Crippen molar-refractivity contribution in [2.75, 3.05) is 11.9 Å². The Bertz CT molecular complexity index is 1020. The quantitative estimate of drug-likeness (QED) is 0.677. The number of para-hydroxylation sites is 1. The Hall–Kier alpha value is -3.16. The number of amides is 2. The van der Waals surface area contributed by atoms with Crippen molar-refractivity contribution < 1.29 is 4.79 Å². The number of nitrogens with one attached hydrogen (secondary N) is 2. The molecule has 0 saturated carbocycles. The molecule has 0 radical (unpaired) electrons. The molecule has 1 aliphatic rings. The molecule has 2 N–H and O–H groups in total. The van der Waals surface area contributed by atoms with E-state index in [2.05, 4.69) is 20.7 Å². The van der Waals surface area contributed by atoms with E-state index in [1.54, 1.807) is 10.8 Å². The van der Waals surface area contributed by atoms with Gasteiger partial charge in [-0.2, -0.15) is 5.10 Å². The summed E-state index contributed by atoms with van der Waals surface area (Å²) in [6.07, 6.45) is 5.32. The maximum Gasteiger partial charge on any atom is 0.345 e. The van der Waals surface area contributed by atoms with Gasteiger partial charge in [-0.25, -0.2) is 14.3 Å². The first-order chi connectivity index (χ1) is 13.2. The van der Waals surface area contributed by atoms with Crippen LogP contribution in [-0.4, -0.2) is 31.9 Å². The molecule has 8 nitrogen and oxygen atoms in total. The first-order valence-electron chi connectivity index (χ1n) is 9.27. The zero-order chi connectivity index (χ0) is 18.6. The molecule has 1 aromatic carbocycles. The van der Waals surface area contributed by atoms with E-state index in [1.807, 2.05) is 30.3 Å². The summed E-state index contributed by atoms with van der Waals surface area (Å²) in [7, 11) is 0. The van der Waals surface area contributed by atoms with E-state index in [-0.39, 0.29) is 11.7 Å². The largest absolute Gasteiger partial charge is 0.345 e. The number of nitrogens with zero attached hydrogens (tertiary/aromatic N) is 4. The normalized spacial score (nSPS) is 13.3. The third kappa shape index (κ3) is 3.69. The van der Waals surface area contributed by atoms with Gasteiger partial charge in [0.15, 0.2) is 0 Å². The second-order valence-electron chi connectivity index (χ2n) is 6.65. The summed E-state index contributed by atoms with van der Waals surface area (Å²) in [4.78, 5) is 28.7. The van der Waals surface area contributed by atoms with Crippen LogP contribution in [0.15, 0.2) is 41.3 Å². The lowest BCUT2D eigenvalue weighted by atomic mass is 10.2. The zero-order valence-electron chi connectivity index (χ0n) is 15.0. The van der Waals surface area contributed by atoms with Gasteiger partial charge in [0.1, 0.15) is 5.82 Å². The van der Waals surface area contributed by atoms with Crippen molar-refractivity contribution in [3.8, 4) is 0 Å². The van der Waals surface area contributed by atoms with Crippen molar-refractivity contribution in [2.45, 2.75) is 38.8 Å². The smallest absolute Gasteiger partial charge is 0.338 e. The Labute approximate surface area is 156 Å². The van der Waals surface area contributed by atoms with Crippen LogP contribution in [0.5, 0.6) is 0 Å². The van der Waals surface area contributed by atoms with Gasteiger partial charge in [-0.3, -0.25) is 9.55 Å². The van der Waals surface area contributed by atoms with Gasteiger partial charge in [-0.15, -0.1) is 0 Å². The van der Waals surface area contributed by atoms with E-state index in [0.717, 1.165) is 42.5 Å². The highest BCUT2D eigenvalue weighted by atomic mass is 16.2. The summed E-state index contributed by atoms with van der Waals surface area (Å²) < 4.78 is 3.27. The molecule has 8 heteroatoms. The number of pyridine rings is 1. The molecule has 3 aromatic rings. The molecule has 0 aliphatic carbocycles. The fraction of sp³-hybridized carbons (Fsp3) is 0.368. The molecule has 0 atom stereocenters. The Morgan fingerprint density at radius 3 is 2.96 bits per heavy atom. The predicted octanol–water partition coefficient (Wildman–Crippen LogP) is 2.14. The average molecular weight is 366 g/mol. The Morgan fingerprint density at radius 1 is 1.19 bits per heavy atom. The number of carbonyl (C=O) groups excluding carboxylic acids is 1. The molecule has 140 valence electrons. The van der Waals surface area contributed by atoms with Crippen LogP contribution >= 0.6 is 0 Å². The van der Waals surface area contributed by atoms with Gasteiger partial charge in [0.05, 0.1) is 11.2 Å². The molecule has 27 heavy (non-hydrogen) atoms. The first-order valence-corrected chi connectivity index (χ1v) is 9.27. The van der Waals surface area contributed by atoms with Crippen LogP contribution in [0.1, 0.15) is 25.1 Å². The van der Waals surface area contributed by atoms with E-state index < -0.39 is 0 Å². The molecule has 2 aromatic heterocycles. The number of benzene rings is 1. The topological polar surface area (TPSA) is 93.8 Å². The Morgan fingerprint density at radius 2 is 2.07 bits per heavy atom. The number of urea groups is 1.